The van der Waals surface area contributed by atoms with E-state index in [1.54, 1.807) is 0 Å². The summed E-state index contributed by atoms with van der Waals surface area (Å²) in [4.78, 5) is 13.4. The molecular formula is C16H26N4O. The molecule has 1 atom stereocenters. The molecule has 0 aliphatic carbocycles. The van der Waals surface area contributed by atoms with Crippen LogP contribution in [-0.2, 0) is 0 Å². The Labute approximate surface area is 126 Å². The molecule has 0 saturated carbocycles. The molecule has 1 saturated heterocycles. The Kier molecular flexibility index (Phi) is 5.44. The topological polar surface area (TPSA) is 70.4 Å². The molecule has 116 valence electrons. The van der Waals surface area contributed by atoms with Crippen molar-refractivity contribution in [3.05, 3.63) is 24.3 Å². The summed E-state index contributed by atoms with van der Waals surface area (Å²) in [6, 6.07) is 8.28. The van der Waals surface area contributed by atoms with Crippen LogP contribution in [0.1, 0.15) is 33.1 Å². The molecule has 0 aromatic heterocycles. The van der Waals surface area contributed by atoms with Crippen molar-refractivity contribution in [1.29, 1.82) is 0 Å². The first-order valence-electron chi connectivity index (χ1n) is 7.71. The van der Waals surface area contributed by atoms with Gasteiger partial charge in [-0.05, 0) is 57.9 Å². The van der Waals surface area contributed by atoms with Gasteiger partial charge in [0.15, 0.2) is 0 Å². The Morgan fingerprint density at radius 3 is 2.76 bits per heavy atom. The SMILES string of the molecule is CC(C)N1CCCC(Nc2cccc(NC(N)=O)c2)CC1. The van der Waals surface area contributed by atoms with E-state index in [2.05, 4.69) is 29.4 Å². The van der Waals surface area contributed by atoms with Gasteiger partial charge in [0.2, 0.25) is 0 Å². The number of carbonyl (C=O) groups is 1. The van der Waals surface area contributed by atoms with Crippen molar-refractivity contribution in [3.8, 4) is 0 Å². The Hall–Kier alpha value is -1.75. The minimum Gasteiger partial charge on any atom is -0.382 e. The maximum absolute atomic E-state index is 10.9. The normalized spacial score (nSPS) is 20.0. The Bertz CT molecular complexity index is 475. The average molecular weight is 290 g/mol. The first-order chi connectivity index (χ1) is 10.0. The number of nitrogens with two attached hydrogens (primary N) is 1. The summed E-state index contributed by atoms with van der Waals surface area (Å²) in [5.41, 5.74) is 6.91. The molecule has 21 heavy (non-hydrogen) atoms. The van der Waals surface area contributed by atoms with Gasteiger partial charge in [-0.15, -0.1) is 0 Å². The number of amides is 2. The molecule has 1 fully saturated rings. The predicted molar refractivity (Wildman–Crippen MR) is 87.6 cm³/mol. The molecule has 1 aliphatic rings. The zero-order chi connectivity index (χ0) is 15.2. The molecule has 1 unspecified atom stereocenters. The van der Waals surface area contributed by atoms with E-state index >= 15 is 0 Å². The lowest BCUT2D eigenvalue weighted by molar-refractivity contribution is 0.230. The number of urea groups is 1. The van der Waals surface area contributed by atoms with Crippen molar-refractivity contribution in [2.24, 2.45) is 5.73 Å². The van der Waals surface area contributed by atoms with Gasteiger partial charge < -0.3 is 21.3 Å². The molecule has 1 aliphatic heterocycles. The molecule has 1 aromatic carbocycles. The molecular weight excluding hydrogens is 264 g/mol. The minimum absolute atomic E-state index is 0.484. The van der Waals surface area contributed by atoms with Gasteiger partial charge in [0.25, 0.3) is 0 Å². The number of nitrogens with zero attached hydrogens (tertiary/aromatic N) is 1. The molecule has 0 spiro atoms. The lowest BCUT2D eigenvalue weighted by atomic mass is 10.1. The Balaban J connectivity index is 1.93. The molecule has 2 rings (SSSR count). The molecule has 1 aromatic rings. The zero-order valence-corrected chi connectivity index (χ0v) is 12.9. The fourth-order valence-corrected chi connectivity index (χ4v) is 2.84. The number of hydrogen-bond donors (Lipinski definition) is 3. The number of primary amides is 1. The van der Waals surface area contributed by atoms with Crippen LogP contribution >= 0.6 is 0 Å². The molecule has 5 nitrogen and oxygen atoms in total. The van der Waals surface area contributed by atoms with Gasteiger partial charge in [0, 0.05) is 30.0 Å². The summed E-state index contributed by atoms with van der Waals surface area (Å²) in [6.45, 7) is 6.83. The quantitative estimate of drug-likeness (QED) is 0.798. The van der Waals surface area contributed by atoms with Crippen LogP contribution in [0, 0.1) is 0 Å². The summed E-state index contributed by atoms with van der Waals surface area (Å²) < 4.78 is 0. The van der Waals surface area contributed by atoms with E-state index in [-0.39, 0.29) is 0 Å². The molecule has 5 heteroatoms. The standard InChI is InChI=1S/C16H26N4O/c1-12(2)20-9-4-7-13(8-10-20)18-14-5-3-6-15(11-14)19-16(17)21/h3,5-6,11-13,18H,4,7-10H2,1-2H3,(H3,17,19,21). The fourth-order valence-electron chi connectivity index (χ4n) is 2.84. The monoisotopic (exact) mass is 290 g/mol. The zero-order valence-electron chi connectivity index (χ0n) is 12.9. The minimum atomic E-state index is -0.533. The van der Waals surface area contributed by atoms with Gasteiger partial charge >= 0.3 is 6.03 Å². The van der Waals surface area contributed by atoms with Crippen LogP contribution in [0.3, 0.4) is 0 Å². The summed E-state index contributed by atoms with van der Waals surface area (Å²) in [7, 11) is 0. The van der Waals surface area contributed by atoms with E-state index in [1.807, 2.05) is 24.3 Å². The average Bonchev–Trinajstić information content (AvgIpc) is 2.64. The van der Waals surface area contributed by atoms with E-state index in [4.69, 9.17) is 5.73 Å². The third kappa shape index (κ3) is 4.93. The third-order valence-electron chi connectivity index (χ3n) is 3.99. The van der Waals surface area contributed by atoms with E-state index < -0.39 is 6.03 Å². The lowest BCUT2D eigenvalue weighted by Crippen LogP contribution is -2.32. The van der Waals surface area contributed by atoms with Crippen LogP contribution in [0.5, 0.6) is 0 Å². The molecule has 4 N–H and O–H groups in total. The number of rotatable bonds is 4. The highest BCUT2D eigenvalue weighted by atomic mass is 16.2. The van der Waals surface area contributed by atoms with Crippen LogP contribution in [-0.4, -0.2) is 36.1 Å². The smallest absolute Gasteiger partial charge is 0.316 e. The predicted octanol–water partition coefficient (Wildman–Crippen LogP) is 2.85. The van der Waals surface area contributed by atoms with Crippen LogP contribution in [0.4, 0.5) is 16.2 Å². The van der Waals surface area contributed by atoms with E-state index in [0.29, 0.717) is 12.1 Å². The van der Waals surface area contributed by atoms with E-state index in [0.717, 1.165) is 24.3 Å². The second-order valence-corrected chi connectivity index (χ2v) is 5.97. The van der Waals surface area contributed by atoms with Gasteiger partial charge in [0.05, 0.1) is 0 Å². The van der Waals surface area contributed by atoms with Gasteiger partial charge in [0.1, 0.15) is 0 Å². The van der Waals surface area contributed by atoms with Crippen molar-refractivity contribution >= 4 is 17.4 Å². The summed E-state index contributed by atoms with van der Waals surface area (Å²) in [5, 5.41) is 6.18. The number of nitrogens with one attached hydrogen (secondary N) is 2. The number of carbonyl (C=O) groups excluding carboxylic acids is 1. The summed E-state index contributed by atoms with van der Waals surface area (Å²) >= 11 is 0. The number of likely N-dealkylation sites (tertiary alicyclic amines) is 1. The van der Waals surface area contributed by atoms with Gasteiger partial charge in [-0.1, -0.05) is 6.07 Å². The third-order valence-corrected chi connectivity index (χ3v) is 3.99. The number of benzene rings is 1. The van der Waals surface area contributed by atoms with Gasteiger partial charge in [-0.2, -0.15) is 0 Å². The Morgan fingerprint density at radius 2 is 2.05 bits per heavy atom. The van der Waals surface area contributed by atoms with Crippen molar-refractivity contribution < 1.29 is 4.79 Å². The maximum Gasteiger partial charge on any atom is 0.316 e. The van der Waals surface area contributed by atoms with E-state index in [9.17, 15) is 4.79 Å². The first-order valence-corrected chi connectivity index (χ1v) is 7.71. The van der Waals surface area contributed by atoms with Crippen LogP contribution in [0.2, 0.25) is 0 Å². The molecule has 0 radical (unpaired) electrons. The van der Waals surface area contributed by atoms with Crippen molar-refractivity contribution in [2.75, 3.05) is 23.7 Å². The molecule has 0 bridgehead atoms. The van der Waals surface area contributed by atoms with Crippen molar-refractivity contribution in [3.63, 3.8) is 0 Å². The highest BCUT2D eigenvalue weighted by Gasteiger charge is 2.18. The number of hydrogen-bond acceptors (Lipinski definition) is 3. The second kappa shape index (κ2) is 7.31. The largest absolute Gasteiger partial charge is 0.382 e. The maximum atomic E-state index is 10.9. The van der Waals surface area contributed by atoms with Crippen molar-refractivity contribution in [2.45, 2.75) is 45.2 Å². The highest BCUT2D eigenvalue weighted by molar-refractivity contribution is 5.88. The van der Waals surface area contributed by atoms with Crippen molar-refractivity contribution in [1.82, 2.24) is 4.90 Å². The van der Waals surface area contributed by atoms with Crippen LogP contribution < -0.4 is 16.4 Å². The molecule has 2 amide bonds. The van der Waals surface area contributed by atoms with E-state index in [1.165, 1.54) is 19.4 Å². The van der Waals surface area contributed by atoms with Gasteiger partial charge in [-0.3, -0.25) is 0 Å². The highest BCUT2D eigenvalue weighted by Crippen LogP contribution is 2.20. The number of anilines is 2. The summed E-state index contributed by atoms with van der Waals surface area (Å²) in [6.07, 6.45) is 3.54. The van der Waals surface area contributed by atoms with Gasteiger partial charge in [-0.25, -0.2) is 4.79 Å². The van der Waals surface area contributed by atoms with Crippen LogP contribution in [0.25, 0.3) is 0 Å². The summed E-state index contributed by atoms with van der Waals surface area (Å²) in [5.74, 6) is 0. The first kappa shape index (κ1) is 15.6. The Morgan fingerprint density at radius 1 is 1.29 bits per heavy atom. The van der Waals surface area contributed by atoms with Crippen LogP contribution in [0.15, 0.2) is 24.3 Å². The second-order valence-electron chi connectivity index (χ2n) is 5.97. The fraction of sp³-hybridized carbons (Fsp3) is 0.562. The lowest BCUT2D eigenvalue weighted by Gasteiger charge is -2.24. The molecule has 1 heterocycles.